The number of aryl methyl sites for hydroxylation is 1. The van der Waals surface area contributed by atoms with Crippen LogP contribution in [0.5, 0.6) is 5.75 Å². The third-order valence-corrected chi connectivity index (χ3v) is 4.91. The van der Waals surface area contributed by atoms with Crippen molar-refractivity contribution < 1.29 is 14.6 Å². The van der Waals surface area contributed by atoms with Gasteiger partial charge < -0.3 is 15.6 Å². The van der Waals surface area contributed by atoms with Crippen LogP contribution in [0, 0.1) is 5.92 Å². The number of carbonyl (C=O) groups is 1. The molecule has 0 bridgehead atoms. The highest BCUT2D eigenvalue weighted by molar-refractivity contribution is 5.76. The van der Waals surface area contributed by atoms with E-state index in [0.29, 0.717) is 6.61 Å². The highest BCUT2D eigenvalue weighted by atomic mass is 16.5. The van der Waals surface area contributed by atoms with Crippen LogP contribution in [-0.2, 0) is 11.2 Å². The van der Waals surface area contributed by atoms with Crippen molar-refractivity contribution in [3.63, 3.8) is 0 Å². The van der Waals surface area contributed by atoms with Crippen LogP contribution in [0.1, 0.15) is 36.9 Å². The Labute approximate surface area is 131 Å². The number of hydrogen-bond acceptors (Lipinski definition) is 4. The Morgan fingerprint density at radius 2 is 2.14 bits per heavy atom. The highest BCUT2D eigenvalue weighted by Gasteiger charge is 2.37. The number of fused-ring (bicyclic) bond motifs is 1. The second-order valence-corrected chi connectivity index (χ2v) is 6.22. The van der Waals surface area contributed by atoms with Crippen LogP contribution in [0.25, 0.3) is 0 Å². The van der Waals surface area contributed by atoms with Gasteiger partial charge in [-0.3, -0.25) is 9.69 Å². The Morgan fingerprint density at radius 1 is 1.41 bits per heavy atom. The molecule has 0 aliphatic carbocycles. The van der Waals surface area contributed by atoms with Gasteiger partial charge in [0.05, 0.1) is 6.04 Å². The fraction of sp³-hybridized carbons (Fsp3) is 0.588. The number of hydrogen-bond donors (Lipinski definition) is 2. The molecule has 5 nitrogen and oxygen atoms in total. The van der Waals surface area contributed by atoms with Gasteiger partial charge in [-0.15, -0.1) is 0 Å². The summed E-state index contributed by atoms with van der Waals surface area (Å²) >= 11 is 0. The summed E-state index contributed by atoms with van der Waals surface area (Å²) in [4.78, 5) is 13.6. The molecule has 0 saturated carbocycles. The van der Waals surface area contributed by atoms with E-state index >= 15 is 0 Å². The van der Waals surface area contributed by atoms with Gasteiger partial charge in [0.25, 0.3) is 0 Å². The number of aliphatic hydroxyl groups excluding tert-OH is 1. The van der Waals surface area contributed by atoms with Gasteiger partial charge in [-0.05, 0) is 37.9 Å². The summed E-state index contributed by atoms with van der Waals surface area (Å²) in [5.41, 5.74) is 7.65. The van der Waals surface area contributed by atoms with E-state index in [1.807, 2.05) is 12.1 Å². The van der Waals surface area contributed by atoms with Crippen molar-refractivity contribution in [2.75, 3.05) is 19.7 Å². The Kier molecular flexibility index (Phi) is 4.36. The average Bonchev–Trinajstić information content (AvgIpc) is 2.54. The normalized spacial score (nSPS) is 26.3. The molecule has 0 spiro atoms. The predicted octanol–water partition coefficient (Wildman–Crippen LogP) is 1.24. The van der Waals surface area contributed by atoms with Gasteiger partial charge in [0.15, 0.2) is 0 Å². The van der Waals surface area contributed by atoms with Crippen LogP contribution in [-0.4, -0.2) is 41.7 Å². The summed E-state index contributed by atoms with van der Waals surface area (Å²) in [5, 5.41) is 10.4. The zero-order valence-corrected chi connectivity index (χ0v) is 13.0. The summed E-state index contributed by atoms with van der Waals surface area (Å²) in [7, 11) is 0. The van der Waals surface area contributed by atoms with Crippen molar-refractivity contribution in [2.24, 2.45) is 11.7 Å². The zero-order valence-electron chi connectivity index (χ0n) is 13.0. The molecule has 0 radical (unpaired) electrons. The number of ether oxygens (including phenoxy) is 1. The van der Waals surface area contributed by atoms with Crippen molar-refractivity contribution in [3.05, 3.63) is 29.3 Å². The summed E-state index contributed by atoms with van der Waals surface area (Å²) < 4.78 is 5.79. The monoisotopic (exact) mass is 304 g/mol. The maximum atomic E-state index is 11.3. The van der Waals surface area contributed by atoms with E-state index in [2.05, 4.69) is 17.9 Å². The van der Waals surface area contributed by atoms with E-state index in [9.17, 15) is 9.90 Å². The molecule has 2 aliphatic rings. The fourth-order valence-corrected chi connectivity index (χ4v) is 3.66. The van der Waals surface area contributed by atoms with Gasteiger partial charge in [-0.2, -0.15) is 0 Å². The van der Waals surface area contributed by atoms with Crippen LogP contribution >= 0.6 is 0 Å². The van der Waals surface area contributed by atoms with Gasteiger partial charge in [0.1, 0.15) is 18.5 Å². The molecular formula is C17H24N2O3. The Morgan fingerprint density at radius 3 is 2.77 bits per heavy atom. The lowest BCUT2D eigenvalue weighted by molar-refractivity contribution is -0.123. The van der Waals surface area contributed by atoms with Crippen LogP contribution in [0.15, 0.2) is 18.2 Å². The summed E-state index contributed by atoms with van der Waals surface area (Å²) in [5.74, 6) is 0.688. The number of nitrogens with zero attached hydrogens (tertiary/aromatic N) is 1. The van der Waals surface area contributed by atoms with Gasteiger partial charge in [0, 0.05) is 11.5 Å². The van der Waals surface area contributed by atoms with E-state index in [-0.39, 0.29) is 17.9 Å². The first-order valence-corrected chi connectivity index (χ1v) is 8.07. The summed E-state index contributed by atoms with van der Waals surface area (Å²) in [6.45, 7) is 4.00. The van der Waals surface area contributed by atoms with E-state index in [4.69, 9.17) is 10.5 Å². The first-order chi connectivity index (χ1) is 10.6. The number of piperidine rings is 1. The number of primary amides is 1. The number of benzene rings is 1. The predicted molar refractivity (Wildman–Crippen MR) is 83.6 cm³/mol. The van der Waals surface area contributed by atoms with Gasteiger partial charge >= 0.3 is 0 Å². The third-order valence-electron chi connectivity index (χ3n) is 4.91. The Hall–Kier alpha value is -1.59. The molecule has 5 heteroatoms. The Bertz CT molecular complexity index is 553. The average molecular weight is 304 g/mol. The number of amides is 1. The van der Waals surface area contributed by atoms with Crippen LogP contribution in [0.2, 0.25) is 0 Å². The van der Waals surface area contributed by atoms with Crippen molar-refractivity contribution in [2.45, 2.75) is 38.3 Å². The lowest BCUT2D eigenvalue weighted by Crippen LogP contribution is -2.47. The lowest BCUT2D eigenvalue weighted by atomic mass is 9.89. The number of aliphatic hydroxyl groups is 1. The van der Waals surface area contributed by atoms with Crippen LogP contribution in [0.3, 0.4) is 0 Å². The van der Waals surface area contributed by atoms with Crippen molar-refractivity contribution in [3.8, 4) is 5.75 Å². The molecule has 1 fully saturated rings. The molecule has 3 rings (SSSR count). The molecule has 1 amide bonds. The van der Waals surface area contributed by atoms with Gasteiger partial charge in [-0.1, -0.05) is 25.1 Å². The first-order valence-electron chi connectivity index (χ1n) is 8.07. The molecule has 2 heterocycles. The smallest absolute Gasteiger partial charge is 0.220 e. The zero-order chi connectivity index (χ0) is 15.7. The minimum Gasteiger partial charge on any atom is -0.490 e. The molecule has 2 aliphatic heterocycles. The van der Waals surface area contributed by atoms with Crippen LogP contribution < -0.4 is 10.5 Å². The van der Waals surface area contributed by atoms with Crippen molar-refractivity contribution >= 4 is 5.91 Å². The van der Waals surface area contributed by atoms with E-state index in [0.717, 1.165) is 43.7 Å². The molecule has 2 atom stereocenters. The molecule has 22 heavy (non-hydrogen) atoms. The maximum Gasteiger partial charge on any atom is 0.220 e. The van der Waals surface area contributed by atoms with Crippen molar-refractivity contribution in [1.29, 1.82) is 0 Å². The minimum absolute atomic E-state index is 0.0327. The van der Waals surface area contributed by atoms with Crippen molar-refractivity contribution in [1.82, 2.24) is 4.90 Å². The SMILES string of the molecule is CCc1cccc2c1OCC(O)C2N1CCC(C(N)=O)CC1. The number of likely N-dealkylation sites (tertiary alicyclic amines) is 1. The quantitative estimate of drug-likeness (QED) is 0.881. The highest BCUT2D eigenvalue weighted by Crippen LogP contribution is 2.40. The molecule has 1 saturated heterocycles. The first kappa shape index (κ1) is 15.3. The topological polar surface area (TPSA) is 75.8 Å². The van der Waals surface area contributed by atoms with E-state index < -0.39 is 6.10 Å². The summed E-state index contributed by atoms with van der Waals surface area (Å²) in [6, 6.07) is 6.10. The molecule has 120 valence electrons. The molecular weight excluding hydrogens is 280 g/mol. The minimum atomic E-state index is -0.537. The second-order valence-electron chi connectivity index (χ2n) is 6.22. The molecule has 0 aromatic heterocycles. The molecule has 1 aromatic carbocycles. The van der Waals surface area contributed by atoms with Gasteiger partial charge in [-0.25, -0.2) is 0 Å². The van der Waals surface area contributed by atoms with E-state index in [1.54, 1.807) is 0 Å². The second kappa shape index (κ2) is 6.26. The van der Waals surface area contributed by atoms with Gasteiger partial charge in [0.2, 0.25) is 5.91 Å². The number of nitrogens with two attached hydrogens (primary N) is 1. The Balaban J connectivity index is 1.84. The number of para-hydroxylation sites is 1. The van der Waals surface area contributed by atoms with E-state index in [1.165, 1.54) is 5.56 Å². The largest absolute Gasteiger partial charge is 0.490 e. The molecule has 1 aromatic rings. The number of carbonyl (C=O) groups excluding carboxylic acids is 1. The molecule has 3 N–H and O–H groups in total. The summed E-state index contributed by atoms with van der Waals surface area (Å²) in [6.07, 6.45) is 1.91. The third kappa shape index (κ3) is 2.71. The lowest BCUT2D eigenvalue weighted by Gasteiger charge is -2.42. The van der Waals surface area contributed by atoms with Crippen LogP contribution in [0.4, 0.5) is 0 Å². The molecule has 2 unspecified atom stereocenters. The fourth-order valence-electron chi connectivity index (χ4n) is 3.66. The maximum absolute atomic E-state index is 11.3. The number of rotatable bonds is 3. The standard InChI is InChI=1S/C17H24N2O3/c1-2-11-4-3-5-13-15(14(20)10-22-16(11)13)19-8-6-12(7-9-19)17(18)21/h3-5,12,14-15,20H,2,6-10H2,1H3,(H2,18,21).